The number of carbonyl (C=O) groups excluding carboxylic acids is 2. The first kappa shape index (κ1) is 16.8. The minimum absolute atomic E-state index is 0.110. The van der Waals surface area contributed by atoms with E-state index in [4.69, 9.17) is 4.74 Å². The number of methoxy groups -OCH3 is 1. The zero-order chi connectivity index (χ0) is 17.1. The SMILES string of the molecule is COc1ccc([C@@H]2[C@@H](C(=O)N3CCCCC3)CCC(=O)N2C)cc1. The summed E-state index contributed by atoms with van der Waals surface area (Å²) in [6.45, 7) is 1.70. The summed E-state index contributed by atoms with van der Waals surface area (Å²) in [4.78, 5) is 29.0. The molecule has 0 N–H and O–H groups in total. The maximum Gasteiger partial charge on any atom is 0.228 e. The van der Waals surface area contributed by atoms with Gasteiger partial charge in [-0.25, -0.2) is 0 Å². The van der Waals surface area contributed by atoms with Gasteiger partial charge < -0.3 is 14.5 Å². The predicted octanol–water partition coefficient (Wildman–Crippen LogP) is 2.62. The summed E-state index contributed by atoms with van der Waals surface area (Å²) < 4.78 is 5.22. The number of amides is 2. The molecule has 2 heterocycles. The Morgan fingerprint density at radius 2 is 1.79 bits per heavy atom. The summed E-state index contributed by atoms with van der Waals surface area (Å²) in [5, 5.41) is 0. The first-order valence-corrected chi connectivity index (χ1v) is 8.80. The monoisotopic (exact) mass is 330 g/mol. The van der Waals surface area contributed by atoms with Gasteiger partial charge in [-0.05, 0) is 43.4 Å². The average Bonchev–Trinajstić information content (AvgIpc) is 2.64. The third kappa shape index (κ3) is 3.25. The minimum atomic E-state index is -0.188. The highest BCUT2D eigenvalue weighted by molar-refractivity contribution is 5.85. The Balaban J connectivity index is 1.86. The van der Waals surface area contributed by atoms with E-state index in [9.17, 15) is 9.59 Å². The van der Waals surface area contributed by atoms with E-state index in [1.165, 1.54) is 6.42 Å². The van der Waals surface area contributed by atoms with Crippen molar-refractivity contribution in [3.05, 3.63) is 29.8 Å². The molecule has 130 valence electrons. The maximum absolute atomic E-state index is 13.1. The molecule has 5 nitrogen and oxygen atoms in total. The smallest absolute Gasteiger partial charge is 0.228 e. The van der Waals surface area contributed by atoms with Gasteiger partial charge in [0.2, 0.25) is 11.8 Å². The largest absolute Gasteiger partial charge is 0.497 e. The van der Waals surface area contributed by atoms with Crippen molar-refractivity contribution in [2.24, 2.45) is 5.92 Å². The fourth-order valence-corrected chi connectivity index (χ4v) is 3.90. The van der Waals surface area contributed by atoms with E-state index in [-0.39, 0.29) is 23.8 Å². The van der Waals surface area contributed by atoms with Crippen molar-refractivity contribution >= 4 is 11.8 Å². The molecule has 1 aromatic rings. The number of hydrogen-bond acceptors (Lipinski definition) is 3. The van der Waals surface area contributed by atoms with Gasteiger partial charge in [-0.1, -0.05) is 12.1 Å². The normalized spacial score (nSPS) is 24.8. The third-order valence-corrected chi connectivity index (χ3v) is 5.30. The molecule has 0 aliphatic carbocycles. The lowest BCUT2D eigenvalue weighted by Crippen LogP contribution is -2.48. The second kappa shape index (κ2) is 7.24. The fraction of sp³-hybridized carbons (Fsp3) is 0.579. The Morgan fingerprint density at radius 3 is 2.42 bits per heavy atom. The van der Waals surface area contributed by atoms with Crippen LogP contribution in [0.3, 0.4) is 0 Å². The van der Waals surface area contributed by atoms with E-state index in [1.54, 1.807) is 12.0 Å². The first-order chi connectivity index (χ1) is 11.6. The molecule has 0 radical (unpaired) electrons. The first-order valence-electron chi connectivity index (χ1n) is 8.80. The summed E-state index contributed by atoms with van der Waals surface area (Å²) in [6, 6.07) is 7.53. The Morgan fingerprint density at radius 1 is 1.12 bits per heavy atom. The second-order valence-electron chi connectivity index (χ2n) is 6.75. The maximum atomic E-state index is 13.1. The minimum Gasteiger partial charge on any atom is -0.497 e. The lowest BCUT2D eigenvalue weighted by atomic mass is 9.83. The number of nitrogens with zero attached hydrogens (tertiary/aromatic N) is 2. The number of rotatable bonds is 3. The van der Waals surface area contributed by atoms with Crippen molar-refractivity contribution in [1.82, 2.24) is 9.80 Å². The Labute approximate surface area is 143 Å². The Kier molecular flexibility index (Phi) is 5.07. The number of benzene rings is 1. The summed E-state index contributed by atoms with van der Waals surface area (Å²) >= 11 is 0. The molecule has 0 unspecified atom stereocenters. The van der Waals surface area contributed by atoms with Crippen LogP contribution in [-0.2, 0) is 9.59 Å². The number of hydrogen-bond donors (Lipinski definition) is 0. The predicted molar refractivity (Wildman–Crippen MR) is 91.7 cm³/mol. The highest BCUT2D eigenvalue weighted by Crippen LogP contribution is 2.37. The number of likely N-dealkylation sites (tertiary alicyclic amines) is 2. The highest BCUT2D eigenvalue weighted by Gasteiger charge is 2.40. The van der Waals surface area contributed by atoms with Gasteiger partial charge in [0, 0.05) is 26.6 Å². The van der Waals surface area contributed by atoms with Gasteiger partial charge in [0.25, 0.3) is 0 Å². The zero-order valence-electron chi connectivity index (χ0n) is 14.5. The van der Waals surface area contributed by atoms with Gasteiger partial charge in [0.1, 0.15) is 5.75 Å². The quantitative estimate of drug-likeness (QED) is 0.856. The summed E-state index contributed by atoms with van der Waals surface area (Å²) in [5.41, 5.74) is 1.00. The molecule has 2 aliphatic heterocycles. The molecular weight excluding hydrogens is 304 g/mol. The highest BCUT2D eigenvalue weighted by atomic mass is 16.5. The molecule has 0 aromatic heterocycles. The number of piperidine rings is 2. The van der Waals surface area contributed by atoms with Crippen molar-refractivity contribution in [3.8, 4) is 5.75 Å². The molecule has 0 bridgehead atoms. The zero-order valence-corrected chi connectivity index (χ0v) is 14.5. The molecule has 2 fully saturated rings. The van der Waals surface area contributed by atoms with Gasteiger partial charge in [-0.3, -0.25) is 9.59 Å². The van der Waals surface area contributed by atoms with Crippen LogP contribution in [0.1, 0.15) is 43.7 Å². The summed E-state index contributed by atoms with van der Waals surface area (Å²) in [6.07, 6.45) is 4.46. The fourth-order valence-electron chi connectivity index (χ4n) is 3.90. The molecule has 24 heavy (non-hydrogen) atoms. The van der Waals surface area contributed by atoms with E-state index in [2.05, 4.69) is 0 Å². The molecular formula is C19H26N2O3. The number of carbonyl (C=O) groups is 2. The third-order valence-electron chi connectivity index (χ3n) is 5.30. The van der Waals surface area contributed by atoms with Gasteiger partial charge in [0.05, 0.1) is 19.1 Å². The number of ether oxygens (including phenoxy) is 1. The van der Waals surface area contributed by atoms with E-state index in [0.717, 1.165) is 37.2 Å². The lowest BCUT2D eigenvalue weighted by Gasteiger charge is -2.41. The van der Waals surface area contributed by atoms with Crippen molar-refractivity contribution < 1.29 is 14.3 Å². The van der Waals surface area contributed by atoms with Crippen LogP contribution in [0, 0.1) is 5.92 Å². The van der Waals surface area contributed by atoms with E-state index < -0.39 is 0 Å². The summed E-state index contributed by atoms with van der Waals surface area (Å²) in [7, 11) is 3.45. The molecule has 2 saturated heterocycles. The van der Waals surface area contributed by atoms with Crippen LogP contribution in [0.5, 0.6) is 5.75 Å². The van der Waals surface area contributed by atoms with Gasteiger partial charge in [-0.2, -0.15) is 0 Å². The lowest BCUT2D eigenvalue weighted by molar-refractivity contribution is -0.147. The standard InChI is InChI=1S/C19H26N2O3/c1-20-17(22)11-10-16(19(23)21-12-4-3-5-13-21)18(20)14-6-8-15(24-2)9-7-14/h6-9,16,18H,3-5,10-13H2,1-2H3/t16-,18+/m0/s1. The van der Waals surface area contributed by atoms with Crippen molar-refractivity contribution in [1.29, 1.82) is 0 Å². The van der Waals surface area contributed by atoms with Crippen LogP contribution in [0.2, 0.25) is 0 Å². The van der Waals surface area contributed by atoms with Crippen LogP contribution in [0.15, 0.2) is 24.3 Å². The van der Waals surface area contributed by atoms with Crippen LogP contribution >= 0.6 is 0 Å². The van der Waals surface area contributed by atoms with Gasteiger partial charge in [-0.15, -0.1) is 0 Å². The molecule has 2 amide bonds. The van der Waals surface area contributed by atoms with Crippen LogP contribution < -0.4 is 4.74 Å². The Bertz CT molecular complexity index is 593. The molecule has 2 atom stereocenters. The van der Waals surface area contributed by atoms with Crippen LogP contribution in [0.25, 0.3) is 0 Å². The topological polar surface area (TPSA) is 49.9 Å². The molecule has 2 aliphatic rings. The average molecular weight is 330 g/mol. The van der Waals surface area contributed by atoms with Crippen molar-refractivity contribution in [3.63, 3.8) is 0 Å². The molecule has 5 heteroatoms. The van der Waals surface area contributed by atoms with Crippen LogP contribution in [0.4, 0.5) is 0 Å². The van der Waals surface area contributed by atoms with Gasteiger partial charge in [0.15, 0.2) is 0 Å². The second-order valence-corrected chi connectivity index (χ2v) is 6.75. The molecule has 0 spiro atoms. The van der Waals surface area contributed by atoms with E-state index in [1.807, 2.05) is 36.2 Å². The summed E-state index contributed by atoms with van der Waals surface area (Å²) in [5.74, 6) is 0.940. The van der Waals surface area contributed by atoms with E-state index >= 15 is 0 Å². The van der Waals surface area contributed by atoms with Crippen molar-refractivity contribution in [2.45, 2.75) is 38.1 Å². The molecule has 1 aromatic carbocycles. The van der Waals surface area contributed by atoms with Crippen molar-refractivity contribution in [2.75, 3.05) is 27.2 Å². The van der Waals surface area contributed by atoms with Crippen LogP contribution in [-0.4, -0.2) is 48.9 Å². The Hall–Kier alpha value is -2.04. The van der Waals surface area contributed by atoms with E-state index in [0.29, 0.717) is 12.8 Å². The molecule has 0 saturated carbocycles. The molecule has 3 rings (SSSR count). The van der Waals surface area contributed by atoms with Gasteiger partial charge >= 0.3 is 0 Å².